The molecule has 0 spiro atoms. The molecule has 0 aromatic carbocycles. The van der Waals surface area contributed by atoms with Crippen LogP contribution in [0.5, 0.6) is 0 Å². The van der Waals surface area contributed by atoms with Crippen molar-refractivity contribution in [1.29, 1.82) is 0 Å². The molecule has 0 saturated carbocycles. The maximum absolute atomic E-state index is 11.1. The summed E-state index contributed by atoms with van der Waals surface area (Å²) in [5.74, 6) is 2.79. The van der Waals surface area contributed by atoms with Gasteiger partial charge in [0.1, 0.15) is 0 Å². The number of hydrogen-bond acceptors (Lipinski definition) is 2. The lowest BCUT2D eigenvalue weighted by Crippen LogP contribution is -2.40. The Hall–Kier alpha value is -0.620. The molecule has 0 atom stereocenters. The van der Waals surface area contributed by atoms with Crippen LogP contribution in [0.3, 0.4) is 0 Å². The zero-order chi connectivity index (χ0) is 9.61. The van der Waals surface area contributed by atoms with E-state index in [-0.39, 0.29) is 5.91 Å². The molecule has 0 bridgehead atoms. The van der Waals surface area contributed by atoms with E-state index in [1.807, 2.05) is 13.8 Å². The standard InChI is InChI=1S/C9H15NOS/c1-4-7-12-9(5-2,6-3)8(10)11/h1H,5-7H2,2-3H3,(H2,10,11). The van der Waals surface area contributed by atoms with E-state index in [1.54, 1.807) is 0 Å². The molecule has 2 N–H and O–H groups in total. The Morgan fingerprint density at radius 3 is 2.33 bits per heavy atom. The van der Waals surface area contributed by atoms with E-state index in [9.17, 15) is 4.79 Å². The third-order valence-corrected chi connectivity index (χ3v) is 3.67. The fraction of sp³-hybridized carbons (Fsp3) is 0.667. The van der Waals surface area contributed by atoms with Crippen LogP contribution >= 0.6 is 11.8 Å². The molecule has 68 valence electrons. The van der Waals surface area contributed by atoms with E-state index in [2.05, 4.69) is 5.92 Å². The van der Waals surface area contributed by atoms with Gasteiger partial charge in [-0.1, -0.05) is 19.8 Å². The van der Waals surface area contributed by atoms with Crippen molar-refractivity contribution in [3.63, 3.8) is 0 Å². The van der Waals surface area contributed by atoms with E-state index in [1.165, 1.54) is 11.8 Å². The quantitative estimate of drug-likeness (QED) is 0.658. The summed E-state index contributed by atoms with van der Waals surface area (Å²) in [7, 11) is 0. The first-order chi connectivity index (χ1) is 5.63. The van der Waals surface area contributed by atoms with Crippen LogP contribution in [0, 0.1) is 12.3 Å². The van der Waals surface area contributed by atoms with Crippen molar-refractivity contribution < 1.29 is 4.79 Å². The molecule has 0 aromatic heterocycles. The van der Waals surface area contributed by atoms with Crippen LogP contribution in [0.4, 0.5) is 0 Å². The largest absolute Gasteiger partial charge is 0.368 e. The molecule has 0 aliphatic rings. The second-order valence-electron chi connectivity index (χ2n) is 2.56. The summed E-state index contributed by atoms with van der Waals surface area (Å²) in [4.78, 5) is 11.1. The molecule has 1 amide bonds. The van der Waals surface area contributed by atoms with Crippen molar-refractivity contribution in [3.05, 3.63) is 0 Å². The normalized spacial score (nSPS) is 10.8. The molecule has 0 rings (SSSR count). The lowest BCUT2D eigenvalue weighted by Gasteiger charge is -2.26. The lowest BCUT2D eigenvalue weighted by atomic mass is 10.0. The van der Waals surface area contributed by atoms with E-state index < -0.39 is 4.75 Å². The highest BCUT2D eigenvalue weighted by Gasteiger charge is 2.32. The van der Waals surface area contributed by atoms with Gasteiger partial charge < -0.3 is 5.73 Å². The van der Waals surface area contributed by atoms with Gasteiger partial charge in [-0.15, -0.1) is 18.2 Å². The van der Waals surface area contributed by atoms with Gasteiger partial charge in [-0.05, 0) is 12.8 Å². The minimum absolute atomic E-state index is 0.257. The topological polar surface area (TPSA) is 43.1 Å². The zero-order valence-corrected chi connectivity index (χ0v) is 8.41. The monoisotopic (exact) mass is 185 g/mol. The molecule has 0 aromatic rings. The van der Waals surface area contributed by atoms with Crippen molar-refractivity contribution in [3.8, 4) is 12.3 Å². The molecule has 0 heterocycles. The fourth-order valence-electron chi connectivity index (χ4n) is 1.05. The molecular weight excluding hydrogens is 170 g/mol. The Morgan fingerprint density at radius 2 is 2.08 bits per heavy atom. The highest BCUT2D eigenvalue weighted by atomic mass is 32.2. The van der Waals surface area contributed by atoms with Gasteiger partial charge in [0, 0.05) is 0 Å². The summed E-state index contributed by atoms with van der Waals surface area (Å²) in [6.07, 6.45) is 6.60. The first-order valence-electron chi connectivity index (χ1n) is 4.00. The average Bonchev–Trinajstić information content (AvgIpc) is 2.07. The third-order valence-electron chi connectivity index (χ3n) is 2.02. The average molecular weight is 185 g/mol. The third kappa shape index (κ3) is 2.46. The summed E-state index contributed by atoms with van der Waals surface area (Å²) < 4.78 is -0.452. The summed E-state index contributed by atoms with van der Waals surface area (Å²) in [5, 5.41) is 0. The van der Waals surface area contributed by atoms with Gasteiger partial charge in [0.15, 0.2) is 0 Å². The highest BCUT2D eigenvalue weighted by molar-refractivity contribution is 8.01. The van der Waals surface area contributed by atoms with Crippen LogP contribution in [-0.4, -0.2) is 16.4 Å². The maximum atomic E-state index is 11.1. The van der Waals surface area contributed by atoms with Crippen LogP contribution < -0.4 is 5.73 Å². The zero-order valence-electron chi connectivity index (χ0n) is 7.59. The molecule has 0 unspecified atom stereocenters. The van der Waals surface area contributed by atoms with E-state index in [0.717, 1.165) is 12.8 Å². The number of rotatable bonds is 5. The molecule has 2 nitrogen and oxygen atoms in total. The number of thioether (sulfide) groups is 1. The minimum Gasteiger partial charge on any atom is -0.368 e. The Morgan fingerprint density at radius 1 is 1.58 bits per heavy atom. The number of hydrogen-bond donors (Lipinski definition) is 1. The van der Waals surface area contributed by atoms with Crippen molar-refractivity contribution >= 4 is 17.7 Å². The Labute approximate surface area is 78.3 Å². The van der Waals surface area contributed by atoms with E-state index in [0.29, 0.717) is 5.75 Å². The van der Waals surface area contributed by atoms with Gasteiger partial charge in [-0.3, -0.25) is 4.79 Å². The van der Waals surface area contributed by atoms with Crippen LogP contribution in [0.1, 0.15) is 26.7 Å². The molecule has 0 saturated heterocycles. The van der Waals surface area contributed by atoms with Gasteiger partial charge in [0.25, 0.3) is 0 Å². The summed E-state index contributed by atoms with van der Waals surface area (Å²) in [6.45, 7) is 3.91. The summed E-state index contributed by atoms with van der Waals surface area (Å²) in [6, 6.07) is 0. The molecule has 0 aliphatic heterocycles. The number of primary amides is 1. The predicted octanol–water partition coefficient (Wildman–Crippen LogP) is 1.40. The number of nitrogens with two attached hydrogens (primary N) is 1. The van der Waals surface area contributed by atoms with E-state index in [4.69, 9.17) is 12.2 Å². The Bertz CT molecular complexity index is 191. The van der Waals surface area contributed by atoms with Crippen LogP contribution in [-0.2, 0) is 4.79 Å². The smallest absolute Gasteiger partial charge is 0.233 e. The van der Waals surface area contributed by atoms with Gasteiger partial charge in [0.2, 0.25) is 5.91 Å². The highest BCUT2D eigenvalue weighted by Crippen LogP contribution is 2.31. The number of terminal acetylenes is 1. The van der Waals surface area contributed by atoms with Gasteiger partial charge >= 0.3 is 0 Å². The predicted molar refractivity (Wildman–Crippen MR) is 53.8 cm³/mol. The Kier molecular flexibility index (Phi) is 4.84. The molecule has 0 fully saturated rings. The van der Waals surface area contributed by atoms with Gasteiger partial charge in [-0.2, -0.15) is 0 Å². The molecule has 3 heteroatoms. The number of carbonyl (C=O) groups is 1. The fourth-order valence-corrected chi connectivity index (χ4v) is 1.96. The van der Waals surface area contributed by atoms with Crippen molar-refractivity contribution in [2.45, 2.75) is 31.4 Å². The minimum atomic E-state index is -0.452. The van der Waals surface area contributed by atoms with Crippen molar-refractivity contribution in [2.75, 3.05) is 5.75 Å². The molecule has 0 aliphatic carbocycles. The molecule has 12 heavy (non-hydrogen) atoms. The van der Waals surface area contributed by atoms with Crippen molar-refractivity contribution in [2.24, 2.45) is 5.73 Å². The number of amides is 1. The second-order valence-corrected chi connectivity index (χ2v) is 3.92. The summed E-state index contributed by atoms with van der Waals surface area (Å²) in [5.41, 5.74) is 5.31. The Balaban J connectivity index is 4.38. The first-order valence-corrected chi connectivity index (χ1v) is 4.98. The molecular formula is C9H15NOS. The summed E-state index contributed by atoms with van der Waals surface area (Å²) >= 11 is 1.47. The van der Waals surface area contributed by atoms with E-state index >= 15 is 0 Å². The maximum Gasteiger partial charge on any atom is 0.233 e. The van der Waals surface area contributed by atoms with Crippen LogP contribution in [0.25, 0.3) is 0 Å². The van der Waals surface area contributed by atoms with Crippen LogP contribution in [0.15, 0.2) is 0 Å². The first kappa shape index (κ1) is 11.4. The van der Waals surface area contributed by atoms with Crippen LogP contribution in [0.2, 0.25) is 0 Å². The number of carbonyl (C=O) groups excluding carboxylic acids is 1. The molecule has 0 radical (unpaired) electrons. The lowest BCUT2D eigenvalue weighted by molar-refractivity contribution is -0.120. The van der Waals surface area contributed by atoms with Gasteiger partial charge in [-0.25, -0.2) is 0 Å². The second kappa shape index (κ2) is 5.10. The SMILES string of the molecule is C#CCSC(CC)(CC)C(N)=O. The van der Waals surface area contributed by atoms with Crippen molar-refractivity contribution in [1.82, 2.24) is 0 Å². The van der Waals surface area contributed by atoms with Gasteiger partial charge in [0.05, 0.1) is 10.5 Å².